The van der Waals surface area contributed by atoms with Crippen LogP contribution in [0.2, 0.25) is 0 Å². The SMILES string of the molecule is CCCCN=C(CCC)C1=C(O)CC(C)(C)CC1=O. The first-order chi connectivity index (χ1) is 8.91. The minimum atomic E-state index is -0.134. The third-order valence-corrected chi connectivity index (χ3v) is 3.44. The first kappa shape index (κ1) is 15.9. The van der Waals surface area contributed by atoms with Gasteiger partial charge in [0.2, 0.25) is 0 Å². The van der Waals surface area contributed by atoms with Gasteiger partial charge in [-0.3, -0.25) is 9.79 Å². The fourth-order valence-electron chi connectivity index (χ4n) is 2.51. The van der Waals surface area contributed by atoms with E-state index in [1.807, 2.05) is 13.8 Å². The van der Waals surface area contributed by atoms with E-state index in [0.29, 0.717) is 18.4 Å². The van der Waals surface area contributed by atoms with Crippen molar-refractivity contribution in [2.24, 2.45) is 10.4 Å². The van der Waals surface area contributed by atoms with Crippen molar-refractivity contribution in [1.82, 2.24) is 0 Å². The molecule has 0 bridgehead atoms. The Labute approximate surface area is 116 Å². The Morgan fingerprint density at radius 1 is 1.26 bits per heavy atom. The summed E-state index contributed by atoms with van der Waals surface area (Å²) in [5.74, 6) is 0.294. The molecule has 0 aromatic rings. The Morgan fingerprint density at radius 2 is 1.95 bits per heavy atom. The van der Waals surface area contributed by atoms with Crippen molar-refractivity contribution in [2.75, 3.05) is 6.54 Å². The van der Waals surface area contributed by atoms with Crippen molar-refractivity contribution < 1.29 is 9.90 Å². The number of carbonyl (C=O) groups is 1. The molecule has 1 aliphatic rings. The van der Waals surface area contributed by atoms with Crippen molar-refractivity contribution in [1.29, 1.82) is 0 Å². The Kier molecular flexibility index (Phi) is 5.77. The number of ketones is 1. The van der Waals surface area contributed by atoms with Crippen LogP contribution in [0.3, 0.4) is 0 Å². The molecular weight excluding hydrogens is 238 g/mol. The minimum absolute atomic E-state index is 0.0532. The zero-order chi connectivity index (χ0) is 14.5. The van der Waals surface area contributed by atoms with Crippen LogP contribution in [-0.2, 0) is 4.79 Å². The third-order valence-electron chi connectivity index (χ3n) is 3.44. The van der Waals surface area contributed by atoms with Crippen LogP contribution in [0.5, 0.6) is 0 Å². The molecule has 1 rings (SSSR count). The third kappa shape index (κ3) is 4.48. The lowest BCUT2D eigenvalue weighted by atomic mass is 9.75. The number of allylic oxidation sites excluding steroid dienone is 2. The predicted molar refractivity (Wildman–Crippen MR) is 79.8 cm³/mol. The maximum Gasteiger partial charge on any atom is 0.168 e. The molecule has 0 atom stereocenters. The van der Waals surface area contributed by atoms with Gasteiger partial charge in [-0.25, -0.2) is 0 Å². The molecule has 0 heterocycles. The van der Waals surface area contributed by atoms with Gasteiger partial charge >= 0.3 is 0 Å². The van der Waals surface area contributed by atoms with Gasteiger partial charge < -0.3 is 5.11 Å². The molecule has 0 aliphatic heterocycles. The van der Waals surface area contributed by atoms with Crippen LogP contribution in [0.25, 0.3) is 0 Å². The fourth-order valence-corrected chi connectivity index (χ4v) is 2.51. The molecule has 108 valence electrons. The second-order valence-corrected chi connectivity index (χ2v) is 6.19. The average molecular weight is 265 g/mol. The second kappa shape index (κ2) is 6.88. The van der Waals surface area contributed by atoms with E-state index in [1.54, 1.807) is 0 Å². The lowest BCUT2D eigenvalue weighted by molar-refractivity contribution is -0.117. The summed E-state index contributed by atoms with van der Waals surface area (Å²) in [5.41, 5.74) is 1.19. The molecule has 3 nitrogen and oxygen atoms in total. The van der Waals surface area contributed by atoms with Gasteiger partial charge in [0.05, 0.1) is 5.57 Å². The lowest BCUT2D eigenvalue weighted by Gasteiger charge is -2.30. The Morgan fingerprint density at radius 3 is 2.47 bits per heavy atom. The molecule has 0 radical (unpaired) electrons. The van der Waals surface area contributed by atoms with Gasteiger partial charge in [0.15, 0.2) is 5.78 Å². The van der Waals surface area contributed by atoms with E-state index < -0.39 is 0 Å². The van der Waals surface area contributed by atoms with E-state index in [4.69, 9.17) is 0 Å². The van der Waals surface area contributed by atoms with Crippen molar-refractivity contribution in [3.05, 3.63) is 11.3 Å². The van der Waals surface area contributed by atoms with Crippen LogP contribution >= 0.6 is 0 Å². The monoisotopic (exact) mass is 265 g/mol. The lowest BCUT2D eigenvalue weighted by Crippen LogP contribution is -2.29. The van der Waals surface area contributed by atoms with Crippen molar-refractivity contribution in [2.45, 2.75) is 66.2 Å². The number of hydrogen-bond acceptors (Lipinski definition) is 3. The Bertz CT molecular complexity index is 392. The maximum atomic E-state index is 12.3. The van der Waals surface area contributed by atoms with Gasteiger partial charge in [-0.1, -0.05) is 40.5 Å². The number of nitrogens with zero attached hydrogens (tertiary/aromatic N) is 1. The zero-order valence-corrected chi connectivity index (χ0v) is 12.8. The number of unbranched alkanes of at least 4 members (excludes halogenated alkanes) is 1. The van der Waals surface area contributed by atoms with E-state index in [0.717, 1.165) is 37.9 Å². The first-order valence-corrected chi connectivity index (χ1v) is 7.40. The second-order valence-electron chi connectivity index (χ2n) is 6.19. The van der Waals surface area contributed by atoms with Gasteiger partial charge in [0.25, 0.3) is 0 Å². The number of aliphatic imine (C=N–C) groups is 1. The normalized spacial score (nSPS) is 20.0. The molecule has 0 aromatic carbocycles. The number of aliphatic hydroxyl groups is 1. The summed E-state index contributed by atoms with van der Waals surface area (Å²) in [6, 6.07) is 0. The maximum absolute atomic E-state index is 12.3. The standard InChI is InChI=1S/C16H27NO2/c1-5-7-9-17-12(8-6-2)15-13(18)10-16(3,4)11-14(15)19/h18H,5-11H2,1-4H3. The molecule has 19 heavy (non-hydrogen) atoms. The van der Waals surface area contributed by atoms with E-state index in [1.165, 1.54) is 0 Å². The summed E-state index contributed by atoms with van der Waals surface area (Å²) in [6.07, 6.45) is 4.91. The van der Waals surface area contributed by atoms with Crippen molar-refractivity contribution >= 4 is 11.5 Å². The van der Waals surface area contributed by atoms with Crippen LogP contribution in [0.1, 0.15) is 66.2 Å². The minimum Gasteiger partial charge on any atom is -0.511 e. The molecule has 0 fully saturated rings. The van der Waals surface area contributed by atoms with Gasteiger partial charge in [-0.15, -0.1) is 0 Å². The summed E-state index contributed by atoms with van der Waals surface area (Å²) < 4.78 is 0. The summed E-state index contributed by atoms with van der Waals surface area (Å²) in [6.45, 7) is 8.99. The topological polar surface area (TPSA) is 49.7 Å². The molecule has 3 heteroatoms. The van der Waals surface area contributed by atoms with Crippen LogP contribution in [0, 0.1) is 5.41 Å². The molecule has 0 saturated carbocycles. The van der Waals surface area contributed by atoms with E-state index in [9.17, 15) is 9.90 Å². The fraction of sp³-hybridized carbons (Fsp3) is 0.750. The molecule has 0 unspecified atom stereocenters. The number of rotatable bonds is 6. The van der Waals surface area contributed by atoms with Crippen molar-refractivity contribution in [3.8, 4) is 0 Å². The molecule has 1 aliphatic carbocycles. The average Bonchev–Trinajstić information content (AvgIpc) is 2.26. The molecule has 0 spiro atoms. The number of hydrogen-bond donors (Lipinski definition) is 1. The van der Waals surface area contributed by atoms with Crippen molar-refractivity contribution in [3.63, 3.8) is 0 Å². The highest BCUT2D eigenvalue weighted by Crippen LogP contribution is 2.36. The van der Waals surface area contributed by atoms with Crippen LogP contribution < -0.4 is 0 Å². The quantitative estimate of drug-likeness (QED) is 0.577. The molecule has 0 amide bonds. The van der Waals surface area contributed by atoms with Crippen LogP contribution in [-0.4, -0.2) is 23.1 Å². The van der Waals surface area contributed by atoms with Gasteiger partial charge in [-0.05, 0) is 18.3 Å². The van der Waals surface area contributed by atoms with Crippen LogP contribution in [0.4, 0.5) is 0 Å². The van der Waals surface area contributed by atoms with Gasteiger partial charge in [0.1, 0.15) is 5.76 Å². The highest BCUT2D eigenvalue weighted by molar-refractivity contribution is 6.23. The smallest absolute Gasteiger partial charge is 0.168 e. The number of carbonyl (C=O) groups excluding carboxylic acids is 1. The van der Waals surface area contributed by atoms with Gasteiger partial charge in [-0.2, -0.15) is 0 Å². The van der Waals surface area contributed by atoms with E-state index >= 15 is 0 Å². The highest BCUT2D eigenvalue weighted by Gasteiger charge is 2.34. The Balaban J connectivity index is 3.00. The summed E-state index contributed by atoms with van der Waals surface area (Å²) in [5, 5.41) is 10.2. The van der Waals surface area contributed by atoms with Crippen LogP contribution in [0.15, 0.2) is 16.3 Å². The summed E-state index contributed by atoms with van der Waals surface area (Å²) in [7, 11) is 0. The largest absolute Gasteiger partial charge is 0.511 e. The molecule has 1 N–H and O–H groups in total. The predicted octanol–water partition coefficient (Wildman–Crippen LogP) is 4.23. The Hall–Kier alpha value is -1.12. The highest BCUT2D eigenvalue weighted by atomic mass is 16.3. The molecule has 0 aromatic heterocycles. The zero-order valence-electron chi connectivity index (χ0n) is 12.8. The summed E-state index contributed by atoms with van der Waals surface area (Å²) >= 11 is 0. The first-order valence-electron chi connectivity index (χ1n) is 7.40. The molecule has 0 saturated heterocycles. The number of Topliss-reactive ketones (excluding diaryl/α,β-unsaturated/α-hetero) is 1. The summed E-state index contributed by atoms with van der Waals surface area (Å²) in [4.78, 5) is 16.8. The van der Waals surface area contributed by atoms with E-state index in [-0.39, 0.29) is 17.0 Å². The number of aliphatic hydroxyl groups excluding tert-OH is 1. The van der Waals surface area contributed by atoms with Gasteiger partial charge in [0, 0.05) is 25.1 Å². The molecular formula is C16H27NO2. The van der Waals surface area contributed by atoms with E-state index in [2.05, 4.69) is 18.8 Å².